The Bertz CT molecular complexity index is 925. The van der Waals surface area contributed by atoms with E-state index in [1.54, 1.807) is 19.2 Å². The molecule has 0 aliphatic carbocycles. The Morgan fingerprint density at radius 2 is 2.00 bits per heavy atom. The molecule has 7 heteroatoms. The molecule has 0 radical (unpaired) electrons. The van der Waals surface area contributed by atoms with E-state index in [2.05, 4.69) is 15.3 Å². The number of carbonyl (C=O) groups is 1. The van der Waals surface area contributed by atoms with Crippen molar-refractivity contribution in [2.45, 2.75) is 25.0 Å². The molecule has 5 nitrogen and oxygen atoms in total. The number of amides is 1. The number of halogens is 1. The average molecular weight is 387 g/mol. The van der Waals surface area contributed by atoms with E-state index in [-0.39, 0.29) is 29.4 Å². The summed E-state index contributed by atoms with van der Waals surface area (Å²) in [7, 11) is 1.61. The van der Waals surface area contributed by atoms with E-state index in [1.165, 1.54) is 23.9 Å². The number of aromatic nitrogens is 2. The van der Waals surface area contributed by atoms with Crippen LogP contribution < -0.4 is 10.1 Å². The Hall–Kier alpha value is -2.54. The normalized spacial score (nSPS) is 12.3. The quantitative estimate of drug-likeness (QED) is 0.593. The van der Waals surface area contributed by atoms with Gasteiger partial charge in [-0.2, -0.15) is 0 Å². The van der Waals surface area contributed by atoms with E-state index in [0.29, 0.717) is 5.16 Å². The minimum atomic E-state index is -0.287. The maximum Gasteiger partial charge on any atom is 0.230 e. The fourth-order valence-corrected chi connectivity index (χ4v) is 3.51. The lowest BCUT2D eigenvalue weighted by atomic mass is 9.96. The molecule has 3 aromatic rings. The van der Waals surface area contributed by atoms with Crippen molar-refractivity contribution in [2.24, 2.45) is 5.92 Å². The fourth-order valence-electron chi connectivity index (χ4n) is 2.81. The number of thioether (sulfide) groups is 1. The van der Waals surface area contributed by atoms with E-state index in [1.807, 2.05) is 32.0 Å². The number of aromatic amines is 1. The van der Waals surface area contributed by atoms with Gasteiger partial charge < -0.3 is 15.0 Å². The third-order valence-corrected chi connectivity index (χ3v) is 5.09. The Morgan fingerprint density at radius 1 is 1.26 bits per heavy atom. The van der Waals surface area contributed by atoms with E-state index in [0.717, 1.165) is 22.3 Å². The van der Waals surface area contributed by atoms with Crippen molar-refractivity contribution < 1.29 is 13.9 Å². The predicted octanol–water partition coefficient (Wildman–Crippen LogP) is 4.32. The summed E-state index contributed by atoms with van der Waals surface area (Å²) >= 11 is 1.34. The largest absolute Gasteiger partial charge is 0.497 e. The first-order chi connectivity index (χ1) is 13.0. The number of H-pyrrole nitrogens is 1. The first-order valence-corrected chi connectivity index (χ1v) is 9.66. The molecule has 0 aliphatic rings. The van der Waals surface area contributed by atoms with Gasteiger partial charge in [-0.25, -0.2) is 9.37 Å². The van der Waals surface area contributed by atoms with Gasteiger partial charge in [-0.3, -0.25) is 4.79 Å². The second kappa shape index (κ2) is 8.43. The zero-order valence-corrected chi connectivity index (χ0v) is 16.3. The summed E-state index contributed by atoms with van der Waals surface area (Å²) in [5.41, 5.74) is 2.58. The molecule has 142 valence electrons. The molecule has 3 rings (SSSR count). The van der Waals surface area contributed by atoms with E-state index in [4.69, 9.17) is 4.74 Å². The monoisotopic (exact) mass is 387 g/mol. The van der Waals surface area contributed by atoms with E-state index in [9.17, 15) is 9.18 Å². The Kier molecular flexibility index (Phi) is 6.01. The lowest BCUT2D eigenvalue weighted by Gasteiger charge is -2.22. The zero-order valence-electron chi connectivity index (χ0n) is 15.5. The van der Waals surface area contributed by atoms with Gasteiger partial charge in [0.1, 0.15) is 11.6 Å². The van der Waals surface area contributed by atoms with Gasteiger partial charge in [-0.1, -0.05) is 37.7 Å². The number of nitrogens with one attached hydrogen (secondary N) is 2. The Morgan fingerprint density at radius 3 is 2.67 bits per heavy atom. The smallest absolute Gasteiger partial charge is 0.230 e. The molecule has 0 fully saturated rings. The molecule has 2 N–H and O–H groups in total. The van der Waals surface area contributed by atoms with Crippen LogP contribution in [0.15, 0.2) is 47.6 Å². The number of rotatable bonds is 7. The molecule has 1 unspecified atom stereocenters. The molecule has 2 aromatic carbocycles. The molecular formula is C20H22FN3O2S. The summed E-state index contributed by atoms with van der Waals surface area (Å²) in [6, 6.07) is 11.7. The summed E-state index contributed by atoms with van der Waals surface area (Å²) in [4.78, 5) is 20.1. The molecule has 0 aliphatic heterocycles. The van der Waals surface area contributed by atoms with Crippen LogP contribution in [-0.4, -0.2) is 28.7 Å². The SMILES string of the molecule is COc1ccc2nc(SCC(=O)NC(c3ccc(F)cc3)C(C)C)[nH]c2c1. The summed E-state index contributed by atoms with van der Waals surface area (Å²) < 4.78 is 18.4. The first-order valence-electron chi connectivity index (χ1n) is 8.67. The number of carbonyl (C=O) groups excluding carboxylic acids is 1. The maximum absolute atomic E-state index is 13.1. The molecule has 1 atom stereocenters. The number of nitrogens with zero attached hydrogens (tertiary/aromatic N) is 1. The highest BCUT2D eigenvalue weighted by Crippen LogP contribution is 2.25. The minimum absolute atomic E-state index is 0.0962. The van der Waals surface area contributed by atoms with Gasteiger partial charge in [-0.05, 0) is 35.7 Å². The van der Waals surface area contributed by atoms with Crippen molar-refractivity contribution in [2.75, 3.05) is 12.9 Å². The molecule has 1 amide bonds. The zero-order chi connectivity index (χ0) is 19.4. The molecule has 1 aromatic heterocycles. The number of hydrogen-bond acceptors (Lipinski definition) is 4. The summed E-state index contributed by atoms with van der Waals surface area (Å²) in [6.45, 7) is 4.04. The molecule has 0 bridgehead atoms. The highest BCUT2D eigenvalue weighted by molar-refractivity contribution is 7.99. The lowest BCUT2D eigenvalue weighted by molar-refractivity contribution is -0.119. The van der Waals surface area contributed by atoms with Crippen LogP contribution in [0.1, 0.15) is 25.5 Å². The number of ether oxygens (including phenoxy) is 1. The fraction of sp³-hybridized carbons (Fsp3) is 0.300. The standard InChI is InChI=1S/C20H22FN3O2S/c1-12(2)19(13-4-6-14(21)7-5-13)24-18(25)11-27-20-22-16-9-8-15(26-3)10-17(16)23-20/h4-10,12,19H,11H2,1-3H3,(H,22,23)(H,24,25). The first kappa shape index (κ1) is 19.2. The van der Waals surface area contributed by atoms with Crippen molar-refractivity contribution in [3.8, 4) is 5.75 Å². The van der Waals surface area contributed by atoms with Crippen LogP contribution in [-0.2, 0) is 4.79 Å². The number of imidazole rings is 1. The molecule has 0 spiro atoms. The van der Waals surface area contributed by atoms with E-state index < -0.39 is 0 Å². The van der Waals surface area contributed by atoms with Crippen molar-refractivity contribution in [1.82, 2.24) is 15.3 Å². The Balaban J connectivity index is 1.63. The van der Waals surface area contributed by atoms with Crippen LogP contribution in [0.25, 0.3) is 11.0 Å². The second-order valence-electron chi connectivity index (χ2n) is 6.55. The van der Waals surface area contributed by atoms with Gasteiger partial charge in [-0.15, -0.1) is 0 Å². The predicted molar refractivity (Wildman–Crippen MR) is 105 cm³/mol. The highest BCUT2D eigenvalue weighted by Gasteiger charge is 2.19. The van der Waals surface area contributed by atoms with Crippen molar-refractivity contribution in [3.63, 3.8) is 0 Å². The third kappa shape index (κ3) is 4.80. The third-order valence-electron chi connectivity index (χ3n) is 4.22. The number of hydrogen-bond donors (Lipinski definition) is 2. The van der Waals surface area contributed by atoms with Gasteiger partial charge in [0, 0.05) is 6.07 Å². The molecular weight excluding hydrogens is 365 g/mol. The van der Waals surface area contributed by atoms with E-state index >= 15 is 0 Å². The maximum atomic E-state index is 13.1. The average Bonchev–Trinajstić information content (AvgIpc) is 3.07. The topological polar surface area (TPSA) is 67.0 Å². The lowest BCUT2D eigenvalue weighted by Crippen LogP contribution is -2.33. The highest BCUT2D eigenvalue weighted by atomic mass is 32.2. The number of fused-ring (bicyclic) bond motifs is 1. The van der Waals surface area contributed by atoms with Gasteiger partial charge >= 0.3 is 0 Å². The Labute approximate surface area is 161 Å². The van der Waals surface area contributed by atoms with Crippen LogP contribution in [0, 0.1) is 11.7 Å². The number of benzene rings is 2. The summed E-state index contributed by atoms with van der Waals surface area (Å²) in [6.07, 6.45) is 0. The summed E-state index contributed by atoms with van der Waals surface area (Å²) in [5, 5.41) is 3.71. The minimum Gasteiger partial charge on any atom is -0.497 e. The van der Waals surface area contributed by atoms with Crippen molar-refractivity contribution in [1.29, 1.82) is 0 Å². The van der Waals surface area contributed by atoms with Crippen molar-refractivity contribution in [3.05, 3.63) is 53.8 Å². The van der Waals surface area contributed by atoms with Gasteiger partial charge in [0.05, 0.1) is 29.9 Å². The van der Waals surface area contributed by atoms with Gasteiger partial charge in [0.15, 0.2) is 5.16 Å². The van der Waals surface area contributed by atoms with Crippen LogP contribution in [0.2, 0.25) is 0 Å². The summed E-state index contributed by atoms with van der Waals surface area (Å²) in [5.74, 6) is 0.787. The van der Waals surface area contributed by atoms with Gasteiger partial charge in [0.2, 0.25) is 5.91 Å². The molecule has 27 heavy (non-hydrogen) atoms. The molecule has 0 saturated heterocycles. The van der Waals surface area contributed by atoms with Crippen LogP contribution >= 0.6 is 11.8 Å². The van der Waals surface area contributed by atoms with Crippen molar-refractivity contribution >= 4 is 28.7 Å². The molecule has 0 saturated carbocycles. The number of methoxy groups -OCH3 is 1. The molecule has 1 heterocycles. The van der Waals surface area contributed by atoms with Crippen LogP contribution in [0.4, 0.5) is 4.39 Å². The van der Waals surface area contributed by atoms with Crippen LogP contribution in [0.3, 0.4) is 0 Å². The van der Waals surface area contributed by atoms with Crippen LogP contribution in [0.5, 0.6) is 5.75 Å². The second-order valence-corrected chi connectivity index (χ2v) is 7.52. The van der Waals surface area contributed by atoms with Gasteiger partial charge in [0.25, 0.3) is 0 Å².